The summed E-state index contributed by atoms with van der Waals surface area (Å²) in [6.07, 6.45) is 1.19. The standard InChI is InChI=1S/C13H19ClN2O/c1-2-17-13-4-3-11(14)7-10(13)8-16-12-5-6-15-9-12/h3-4,7,12,15-16H,2,5-6,8-9H2,1H3/t12-/m1/s1. The van der Waals surface area contributed by atoms with Crippen molar-refractivity contribution in [2.24, 2.45) is 0 Å². The molecule has 0 aromatic heterocycles. The third kappa shape index (κ3) is 3.60. The van der Waals surface area contributed by atoms with Crippen LogP contribution in [0.4, 0.5) is 0 Å². The molecular formula is C13H19ClN2O. The number of benzene rings is 1. The molecule has 0 radical (unpaired) electrons. The maximum atomic E-state index is 6.02. The minimum atomic E-state index is 0.559. The normalized spacial score (nSPS) is 19.5. The van der Waals surface area contributed by atoms with Crippen LogP contribution < -0.4 is 15.4 Å². The van der Waals surface area contributed by atoms with Crippen LogP contribution in [0.1, 0.15) is 18.9 Å². The van der Waals surface area contributed by atoms with Crippen molar-refractivity contribution in [1.29, 1.82) is 0 Å². The molecule has 0 spiro atoms. The molecule has 4 heteroatoms. The van der Waals surface area contributed by atoms with Crippen LogP contribution in [-0.4, -0.2) is 25.7 Å². The molecule has 1 saturated heterocycles. The van der Waals surface area contributed by atoms with Gasteiger partial charge in [0, 0.05) is 29.7 Å². The molecule has 1 aliphatic heterocycles. The summed E-state index contributed by atoms with van der Waals surface area (Å²) in [5.74, 6) is 0.926. The van der Waals surface area contributed by atoms with Gasteiger partial charge >= 0.3 is 0 Å². The highest BCUT2D eigenvalue weighted by atomic mass is 35.5. The van der Waals surface area contributed by atoms with Crippen LogP contribution in [0.25, 0.3) is 0 Å². The Bertz CT molecular complexity index is 364. The fourth-order valence-corrected chi connectivity index (χ4v) is 2.26. The first-order chi connectivity index (χ1) is 8.29. The van der Waals surface area contributed by atoms with Crippen LogP contribution in [0.2, 0.25) is 5.02 Å². The number of hydrogen-bond acceptors (Lipinski definition) is 3. The van der Waals surface area contributed by atoms with Crippen molar-refractivity contribution < 1.29 is 4.74 Å². The summed E-state index contributed by atoms with van der Waals surface area (Å²) in [6, 6.07) is 6.34. The van der Waals surface area contributed by atoms with Gasteiger partial charge in [-0.1, -0.05) is 11.6 Å². The summed E-state index contributed by atoms with van der Waals surface area (Å²) in [5, 5.41) is 7.62. The van der Waals surface area contributed by atoms with E-state index in [1.807, 2.05) is 25.1 Å². The number of rotatable bonds is 5. The smallest absolute Gasteiger partial charge is 0.123 e. The Morgan fingerprint density at radius 1 is 1.53 bits per heavy atom. The summed E-state index contributed by atoms with van der Waals surface area (Å²) >= 11 is 6.02. The third-order valence-electron chi connectivity index (χ3n) is 2.96. The maximum absolute atomic E-state index is 6.02. The molecule has 1 aliphatic rings. The zero-order valence-corrected chi connectivity index (χ0v) is 10.9. The van der Waals surface area contributed by atoms with Crippen LogP contribution in [0.3, 0.4) is 0 Å². The highest BCUT2D eigenvalue weighted by Crippen LogP contribution is 2.23. The lowest BCUT2D eigenvalue weighted by molar-refractivity contribution is 0.334. The minimum absolute atomic E-state index is 0.559. The Morgan fingerprint density at radius 2 is 2.41 bits per heavy atom. The Labute approximate surface area is 107 Å². The average molecular weight is 255 g/mol. The van der Waals surface area contributed by atoms with Crippen molar-refractivity contribution in [3.8, 4) is 5.75 Å². The van der Waals surface area contributed by atoms with Gasteiger partial charge in [0.05, 0.1) is 6.61 Å². The van der Waals surface area contributed by atoms with E-state index in [1.165, 1.54) is 6.42 Å². The molecule has 1 heterocycles. The second-order valence-corrected chi connectivity index (χ2v) is 4.69. The molecule has 3 nitrogen and oxygen atoms in total. The Balaban J connectivity index is 1.99. The van der Waals surface area contributed by atoms with Crippen molar-refractivity contribution in [1.82, 2.24) is 10.6 Å². The molecule has 1 aromatic carbocycles. The summed E-state index contributed by atoms with van der Waals surface area (Å²) < 4.78 is 5.59. The van der Waals surface area contributed by atoms with Gasteiger partial charge in [0.15, 0.2) is 0 Å². The second-order valence-electron chi connectivity index (χ2n) is 4.26. The lowest BCUT2D eigenvalue weighted by Crippen LogP contribution is -2.30. The van der Waals surface area contributed by atoms with E-state index in [-0.39, 0.29) is 0 Å². The van der Waals surface area contributed by atoms with Crippen molar-refractivity contribution in [2.45, 2.75) is 25.9 Å². The molecular weight excluding hydrogens is 236 g/mol. The van der Waals surface area contributed by atoms with Gasteiger partial charge in [0.25, 0.3) is 0 Å². The Morgan fingerprint density at radius 3 is 3.12 bits per heavy atom. The number of ether oxygens (including phenoxy) is 1. The van der Waals surface area contributed by atoms with Gasteiger partial charge in [-0.2, -0.15) is 0 Å². The van der Waals surface area contributed by atoms with Gasteiger partial charge in [0.2, 0.25) is 0 Å². The monoisotopic (exact) mass is 254 g/mol. The van der Waals surface area contributed by atoms with Crippen LogP contribution in [0, 0.1) is 0 Å². The average Bonchev–Trinajstić information content (AvgIpc) is 2.82. The molecule has 0 aliphatic carbocycles. The van der Waals surface area contributed by atoms with E-state index < -0.39 is 0 Å². The number of halogens is 1. The van der Waals surface area contributed by atoms with E-state index in [0.29, 0.717) is 12.6 Å². The topological polar surface area (TPSA) is 33.3 Å². The van der Waals surface area contributed by atoms with E-state index in [4.69, 9.17) is 16.3 Å². The highest BCUT2D eigenvalue weighted by molar-refractivity contribution is 6.30. The Hall–Kier alpha value is -0.770. The van der Waals surface area contributed by atoms with Gasteiger partial charge < -0.3 is 15.4 Å². The second kappa shape index (κ2) is 6.24. The fourth-order valence-electron chi connectivity index (χ4n) is 2.07. The zero-order valence-electron chi connectivity index (χ0n) is 10.1. The van der Waals surface area contributed by atoms with E-state index in [1.54, 1.807) is 0 Å². The van der Waals surface area contributed by atoms with Crippen LogP contribution >= 0.6 is 11.6 Å². The number of nitrogens with one attached hydrogen (secondary N) is 2. The highest BCUT2D eigenvalue weighted by Gasteiger charge is 2.14. The first kappa shape index (κ1) is 12.7. The van der Waals surface area contributed by atoms with Gasteiger partial charge in [-0.15, -0.1) is 0 Å². The maximum Gasteiger partial charge on any atom is 0.123 e. The molecule has 2 N–H and O–H groups in total. The van der Waals surface area contributed by atoms with Crippen molar-refractivity contribution in [3.63, 3.8) is 0 Å². The van der Waals surface area contributed by atoms with E-state index >= 15 is 0 Å². The Kier molecular flexibility index (Phi) is 4.66. The van der Waals surface area contributed by atoms with Gasteiger partial charge in [-0.25, -0.2) is 0 Å². The molecule has 0 amide bonds. The molecule has 0 saturated carbocycles. The molecule has 1 fully saturated rings. The summed E-state index contributed by atoms with van der Waals surface area (Å²) in [5.41, 5.74) is 1.13. The van der Waals surface area contributed by atoms with Crippen molar-refractivity contribution in [2.75, 3.05) is 19.7 Å². The van der Waals surface area contributed by atoms with E-state index in [2.05, 4.69) is 10.6 Å². The molecule has 2 rings (SSSR count). The largest absolute Gasteiger partial charge is 0.494 e. The first-order valence-electron chi connectivity index (χ1n) is 6.15. The fraction of sp³-hybridized carbons (Fsp3) is 0.538. The summed E-state index contributed by atoms with van der Waals surface area (Å²) in [4.78, 5) is 0. The number of hydrogen-bond donors (Lipinski definition) is 2. The quantitative estimate of drug-likeness (QED) is 0.845. The predicted octanol–water partition coefficient (Wildman–Crippen LogP) is 2.19. The molecule has 0 unspecified atom stereocenters. The van der Waals surface area contributed by atoms with Crippen LogP contribution in [0.5, 0.6) is 5.75 Å². The molecule has 0 bridgehead atoms. The lowest BCUT2D eigenvalue weighted by Gasteiger charge is -2.14. The first-order valence-corrected chi connectivity index (χ1v) is 6.52. The zero-order chi connectivity index (χ0) is 12.1. The van der Waals surface area contributed by atoms with Gasteiger partial charge in [-0.3, -0.25) is 0 Å². The molecule has 1 aromatic rings. The predicted molar refractivity (Wildman–Crippen MR) is 70.7 cm³/mol. The van der Waals surface area contributed by atoms with E-state index in [9.17, 15) is 0 Å². The molecule has 17 heavy (non-hydrogen) atoms. The van der Waals surface area contributed by atoms with Crippen molar-refractivity contribution >= 4 is 11.6 Å². The van der Waals surface area contributed by atoms with Crippen LogP contribution in [-0.2, 0) is 6.54 Å². The SMILES string of the molecule is CCOc1ccc(Cl)cc1CN[C@@H]1CCNC1. The van der Waals surface area contributed by atoms with Crippen LogP contribution in [0.15, 0.2) is 18.2 Å². The third-order valence-corrected chi connectivity index (χ3v) is 3.20. The lowest BCUT2D eigenvalue weighted by atomic mass is 10.1. The van der Waals surface area contributed by atoms with Gasteiger partial charge in [0.1, 0.15) is 5.75 Å². The van der Waals surface area contributed by atoms with Gasteiger partial charge in [-0.05, 0) is 38.1 Å². The summed E-state index contributed by atoms with van der Waals surface area (Å²) in [6.45, 7) is 5.63. The molecule has 94 valence electrons. The van der Waals surface area contributed by atoms with Crippen molar-refractivity contribution in [3.05, 3.63) is 28.8 Å². The molecule has 1 atom stereocenters. The minimum Gasteiger partial charge on any atom is -0.494 e. The summed E-state index contributed by atoms with van der Waals surface area (Å²) in [7, 11) is 0. The van der Waals surface area contributed by atoms with E-state index in [0.717, 1.165) is 36.0 Å².